The molecule has 96 valence electrons. The second-order valence-corrected chi connectivity index (χ2v) is 4.62. The number of aliphatic hydroxyl groups is 1. The van der Waals surface area contributed by atoms with Crippen LogP contribution in [0.3, 0.4) is 0 Å². The van der Waals surface area contributed by atoms with Crippen molar-refractivity contribution in [2.45, 2.75) is 70.7 Å². The molecule has 0 amide bonds. The van der Waals surface area contributed by atoms with Gasteiger partial charge in [0.1, 0.15) is 0 Å². The summed E-state index contributed by atoms with van der Waals surface area (Å²) in [5.41, 5.74) is 0. The van der Waals surface area contributed by atoms with Crippen LogP contribution in [-0.2, 0) is 9.47 Å². The topological polar surface area (TPSA) is 38.7 Å². The van der Waals surface area contributed by atoms with E-state index in [1.165, 1.54) is 12.8 Å². The fourth-order valence-corrected chi connectivity index (χ4v) is 2.15. The fraction of sp³-hybridized carbons (Fsp3) is 1.00. The van der Waals surface area contributed by atoms with Gasteiger partial charge in [-0.2, -0.15) is 0 Å². The fourth-order valence-electron chi connectivity index (χ4n) is 2.15. The van der Waals surface area contributed by atoms with Gasteiger partial charge in [-0.15, -0.1) is 0 Å². The van der Waals surface area contributed by atoms with Crippen molar-refractivity contribution in [2.75, 3.05) is 13.2 Å². The highest BCUT2D eigenvalue weighted by Gasteiger charge is 2.20. The Balaban J connectivity index is 2.21. The van der Waals surface area contributed by atoms with Gasteiger partial charge in [-0.25, -0.2) is 0 Å². The molecule has 0 aromatic heterocycles. The minimum Gasteiger partial charge on any atom is -0.390 e. The van der Waals surface area contributed by atoms with E-state index >= 15 is 0 Å². The molecule has 1 heterocycles. The summed E-state index contributed by atoms with van der Waals surface area (Å²) in [5.74, 6) is 0. The molecule has 1 rings (SSSR count). The Bertz CT molecular complexity index is 167. The first-order valence-electron chi connectivity index (χ1n) is 6.69. The number of rotatable bonds is 7. The van der Waals surface area contributed by atoms with E-state index in [0.29, 0.717) is 6.61 Å². The smallest absolute Gasteiger partial charge is 0.0832 e. The van der Waals surface area contributed by atoms with Gasteiger partial charge in [-0.05, 0) is 32.1 Å². The van der Waals surface area contributed by atoms with Gasteiger partial charge in [-0.3, -0.25) is 0 Å². The quantitative estimate of drug-likeness (QED) is 0.730. The zero-order valence-corrected chi connectivity index (χ0v) is 10.7. The summed E-state index contributed by atoms with van der Waals surface area (Å²) < 4.78 is 11.4. The Kier molecular flexibility index (Phi) is 7.01. The van der Waals surface area contributed by atoms with Crippen LogP contribution in [0.15, 0.2) is 0 Å². The van der Waals surface area contributed by atoms with Crippen LogP contribution in [0.25, 0.3) is 0 Å². The number of hydrogen-bond acceptors (Lipinski definition) is 3. The Morgan fingerprint density at radius 3 is 2.75 bits per heavy atom. The van der Waals surface area contributed by atoms with Crippen molar-refractivity contribution in [1.29, 1.82) is 0 Å². The molecule has 0 saturated carbocycles. The lowest BCUT2D eigenvalue weighted by molar-refractivity contribution is -0.0958. The molecule has 3 nitrogen and oxygen atoms in total. The molecular weight excluding hydrogens is 204 g/mol. The second-order valence-electron chi connectivity index (χ2n) is 4.62. The van der Waals surface area contributed by atoms with Gasteiger partial charge in [0.2, 0.25) is 0 Å². The van der Waals surface area contributed by atoms with Crippen molar-refractivity contribution in [1.82, 2.24) is 0 Å². The molecule has 3 unspecified atom stereocenters. The maximum absolute atomic E-state index is 9.87. The number of ether oxygens (including phenoxy) is 2. The van der Waals surface area contributed by atoms with Crippen LogP contribution in [0.5, 0.6) is 0 Å². The molecule has 0 bridgehead atoms. The van der Waals surface area contributed by atoms with E-state index < -0.39 is 0 Å². The van der Waals surface area contributed by atoms with Crippen molar-refractivity contribution < 1.29 is 14.6 Å². The first kappa shape index (κ1) is 13.9. The van der Waals surface area contributed by atoms with E-state index in [0.717, 1.165) is 32.3 Å². The molecule has 3 atom stereocenters. The molecular formula is C13H26O3. The first-order chi connectivity index (χ1) is 7.77. The van der Waals surface area contributed by atoms with Crippen LogP contribution in [0.2, 0.25) is 0 Å². The Morgan fingerprint density at radius 1 is 1.38 bits per heavy atom. The van der Waals surface area contributed by atoms with Crippen LogP contribution >= 0.6 is 0 Å². The van der Waals surface area contributed by atoms with Gasteiger partial charge < -0.3 is 14.6 Å². The molecule has 0 aromatic rings. The molecule has 0 aromatic carbocycles. The van der Waals surface area contributed by atoms with Gasteiger partial charge >= 0.3 is 0 Å². The molecule has 3 heteroatoms. The summed E-state index contributed by atoms with van der Waals surface area (Å²) in [5, 5.41) is 9.87. The van der Waals surface area contributed by atoms with Crippen LogP contribution < -0.4 is 0 Å². The van der Waals surface area contributed by atoms with E-state index in [9.17, 15) is 5.11 Å². The van der Waals surface area contributed by atoms with E-state index in [-0.39, 0.29) is 18.3 Å². The average molecular weight is 230 g/mol. The highest BCUT2D eigenvalue weighted by molar-refractivity contribution is 4.69. The average Bonchev–Trinajstić information content (AvgIpc) is 2.31. The summed E-state index contributed by atoms with van der Waals surface area (Å²) in [7, 11) is 0. The third-order valence-electron chi connectivity index (χ3n) is 3.19. The molecule has 1 N–H and O–H groups in total. The van der Waals surface area contributed by atoms with E-state index in [4.69, 9.17) is 9.47 Å². The monoisotopic (exact) mass is 230 g/mol. The third kappa shape index (κ3) is 4.81. The zero-order valence-electron chi connectivity index (χ0n) is 10.7. The van der Waals surface area contributed by atoms with Gasteiger partial charge in [0.25, 0.3) is 0 Å². The van der Waals surface area contributed by atoms with Crippen molar-refractivity contribution in [2.24, 2.45) is 0 Å². The summed E-state index contributed by atoms with van der Waals surface area (Å²) >= 11 is 0. The number of aliphatic hydroxyl groups excluding tert-OH is 1. The van der Waals surface area contributed by atoms with Crippen LogP contribution in [0, 0.1) is 0 Å². The van der Waals surface area contributed by atoms with Crippen LogP contribution in [-0.4, -0.2) is 36.6 Å². The lowest BCUT2D eigenvalue weighted by Gasteiger charge is -2.27. The van der Waals surface area contributed by atoms with Crippen molar-refractivity contribution >= 4 is 0 Å². The first-order valence-corrected chi connectivity index (χ1v) is 6.69. The molecule has 1 aliphatic heterocycles. The maximum Gasteiger partial charge on any atom is 0.0832 e. The van der Waals surface area contributed by atoms with Crippen molar-refractivity contribution in [3.8, 4) is 0 Å². The second kappa shape index (κ2) is 8.04. The van der Waals surface area contributed by atoms with Crippen LogP contribution in [0.4, 0.5) is 0 Å². The Morgan fingerprint density at radius 2 is 2.19 bits per heavy atom. The minimum atomic E-state index is -0.321. The highest BCUT2D eigenvalue weighted by atomic mass is 16.5. The van der Waals surface area contributed by atoms with Gasteiger partial charge in [-0.1, -0.05) is 20.3 Å². The molecule has 0 spiro atoms. The highest BCUT2D eigenvalue weighted by Crippen LogP contribution is 2.16. The maximum atomic E-state index is 9.87. The Hall–Kier alpha value is -0.120. The summed E-state index contributed by atoms with van der Waals surface area (Å²) in [6.45, 7) is 5.65. The van der Waals surface area contributed by atoms with E-state index in [1.54, 1.807) is 0 Å². The summed E-state index contributed by atoms with van der Waals surface area (Å²) in [4.78, 5) is 0. The van der Waals surface area contributed by atoms with Crippen molar-refractivity contribution in [3.05, 3.63) is 0 Å². The van der Waals surface area contributed by atoms with Crippen molar-refractivity contribution in [3.63, 3.8) is 0 Å². The van der Waals surface area contributed by atoms with Gasteiger partial charge in [0.15, 0.2) is 0 Å². The SMILES string of the molecule is CCCC(O)C(CC)OCC1CCCCO1. The minimum absolute atomic E-state index is 0.0227. The third-order valence-corrected chi connectivity index (χ3v) is 3.19. The normalized spacial score (nSPS) is 25.3. The summed E-state index contributed by atoms with van der Waals surface area (Å²) in [6, 6.07) is 0. The lowest BCUT2D eigenvalue weighted by atomic mass is 10.1. The molecule has 0 aliphatic carbocycles. The zero-order chi connectivity index (χ0) is 11.8. The molecule has 1 saturated heterocycles. The predicted molar refractivity (Wildman–Crippen MR) is 64.5 cm³/mol. The standard InChI is InChI=1S/C13H26O3/c1-3-7-12(14)13(4-2)16-10-11-8-5-6-9-15-11/h11-14H,3-10H2,1-2H3. The number of hydrogen-bond donors (Lipinski definition) is 1. The van der Waals surface area contributed by atoms with Crippen LogP contribution in [0.1, 0.15) is 52.4 Å². The van der Waals surface area contributed by atoms with Gasteiger partial charge in [0.05, 0.1) is 24.9 Å². The molecule has 1 aliphatic rings. The predicted octanol–water partition coefficient (Wildman–Crippen LogP) is 2.51. The molecule has 16 heavy (non-hydrogen) atoms. The van der Waals surface area contributed by atoms with Gasteiger partial charge in [0, 0.05) is 6.61 Å². The molecule has 0 radical (unpaired) electrons. The van der Waals surface area contributed by atoms with E-state index in [1.807, 2.05) is 0 Å². The van der Waals surface area contributed by atoms with E-state index in [2.05, 4.69) is 13.8 Å². The Labute approximate surface area is 99.1 Å². The summed E-state index contributed by atoms with van der Waals surface area (Å²) in [6.07, 6.45) is 6.11. The largest absolute Gasteiger partial charge is 0.390 e. The lowest BCUT2D eigenvalue weighted by Crippen LogP contribution is -2.33. The molecule has 1 fully saturated rings.